The minimum absolute atomic E-state index is 0. The van der Waals surface area contributed by atoms with Crippen LogP contribution in [0.5, 0.6) is 5.75 Å². The third-order valence-electron chi connectivity index (χ3n) is 2.97. The van der Waals surface area contributed by atoms with Crippen LogP contribution in [0.15, 0.2) is 24.4 Å². The van der Waals surface area contributed by atoms with Crippen LogP contribution in [0, 0.1) is 0 Å². The fourth-order valence-electron chi connectivity index (χ4n) is 2.06. The van der Waals surface area contributed by atoms with Gasteiger partial charge in [0.25, 0.3) is 0 Å². The second-order valence-corrected chi connectivity index (χ2v) is 4.24. The summed E-state index contributed by atoms with van der Waals surface area (Å²) >= 11 is 0. The van der Waals surface area contributed by atoms with Gasteiger partial charge in [-0.3, -0.25) is 10.0 Å². The van der Waals surface area contributed by atoms with Crippen molar-refractivity contribution in [1.29, 1.82) is 0 Å². The van der Waals surface area contributed by atoms with Crippen LogP contribution >= 0.6 is 0 Å². The van der Waals surface area contributed by atoms with Crippen LogP contribution in [0.3, 0.4) is 0 Å². The summed E-state index contributed by atoms with van der Waals surface area (Å²) in [4.78, 5) is 10.9. The fraction of sp³-hybridized carbons (Fsp3) is 0.308. The molecular weight excluding hydrogens is 246 g/mol. The minimum atomic E-state index is -0.0541. The minimum Gasteiger partial charge on any atom is -0.497 e. The standard InChI is InChI=1S/C13H17N3O3.H2/c1-9(17)14-6-5-10-8-16(15-18)13-4-3-11(19-2)7-12(10)13;/h3-4,7-8,15,18H,5-6H2,1-2H3,(H,14,17);1H. The predicted octanol–water partition coefficient (Wildman–Crippen LogP) is 1.51. The quantitative estimate of drug-likeness (QED) is 0.716. The molecule has 0 aliphatic carbocycles. The Kier molecular flexibility index (Phi) is 3.91. The van der Waals surface area contributed by atoms with Gasteiger partial charge in [-0.25, -0.2) is 10.3 Å². The maximum Gasteiger partial charge on any atom is 0.216 e. The topological polar surface area (TPSA) is 75.5 Å². The molecule has 1 amide bonds. The summed E-state index contributed by atoms with van der Waals surface area (Å²) < 4.78 is 6.73. The number of fused-ring (bicyclic) bond motifs is 1. The van der Waals surface area contributed by atoms with Crippen LogP contribution in [0.25, 0.3) is 10.9 Å². The molecule has 3 N–H and O–H groups in total. The Labute approximate surface area is 112 Å². The fourth-order valence-corrected chi connectivity index (χ4v) is 2.06. The monoisotopic (exact) mass is 265 g/mol. The molecule has 0 bridgehead atoms. The first-order valence-electron chi connectivity index (χ1n) is 5.98. The normalized spacial score (nSPS) is 10.5. The van der Waals surface area contributed by atoms with E-state index in [-0.39, 0.29) is 7.33 Å². The summed E-state index contributed by atoms with van der Waals surface area (Å²) in [5.74, 6) is 0.700. The van der Waals surface area contributed by atoms with Gasteiger partial charge in [0, 0.05) is 26.5 Å². The second-order valence-electron chi connectivity index (χ2n) is 4.24. The van der Waals surface area contributed by atoms with Crippen LogP contribution < -0.4 is 15.6 Å². The molecule has 0 atom stereocenters. The Hall–Kier alpha value is -2.21. The molecule has 1 aromatic heterocycles. The molecule has 1 aromatic carbocycles. The molecule has 0 saturated heterocycles. The number of benzene rings is 1. The summed E-state index contributed by atoms with van der Waals surface area (Å²) in [5.41, 5.74) is 3.98. The highest BCUT2D eigenvalue weighted by Crippen LogP contribution is 2.25. The Morgan fingerprint density at radius 3 is 2.95 bits per heavy atom. The maximum absolute atomic E-state index is 10.9. The van der Waals surface area contributed by atoms with E-state index in [4.69, 9.17) is 9.94 Å². The highest BCUT2D eigenvalue weighted by Gasteiger charge is 2.09. The van der Waals surface area contributed by atoms with E-state index in [1.165, 1.54) is 11.6 Å². The lowest BCUT2D eigenvalue weighted by Crippen LogP contribution is -2.22. The van der Waals surface area contributed by atoms with Gasteiger partial charge in [-0.2, -0.15) is 0 Å². The van der Waals surface area contributed by atoms with E-state index in [2.05, 4.69) is 10.9 Å². The van der Waals surface area contributed by atoms with Gasteiger partial charge in [0.1, 0.15) is 5.75 Å². The Balaban J connectivity index is 0.00000200. The lowest BCUT2D eigenvalue weighted by Gasteiger charge is -2.03. The van der Waals surface area contributed by atoms with E-state index in [1.807, 2.05) is 18.2 Å². The molecule has 0 aliphatic rings. The van der Waals surface area contributed by atoms with Crippen LogP contribution in [0.2, 0.25) is 0 Å². The molecule has 0 spiro atoms. The number of carbonyl (C=O) groups excluding carboxylic acids is 1. The van der Waals surface area contributed by atoms with E-state index in [1.54, 1.807) is 13.3 Å². The molecule has 19 heavy (non-hydrogen) atoms. The van der Waals surface area contributed by atoms with Crippen molar-refractivity contribution in [2.45, 2.75) is 13.3 Å². The van der Waals surface area contributed by atoms with Crippen molar-refractivity contribution in [3.63, 3.8) is 0 Å². The molecule has 6 nitrogen and oxygen atoms in total. The van der Waals surface area contributed by atoms with Gasteiger partial charge in [-0.1, -0.05) is 0 Å². The first-order valence-corrected chi connectivity index (χ1v) is 5.98. The van der Waals surface area contributed by atoms with E-state index >= 15 is 0 Å². The smallest absolute Gasteiger partial charge is 0.216 e. The molecule has 6 heteroatoms. The van der Waals surface area contributed by atoms with Crippen molar-refractivity contribution in [3.8, 4) is 5.75 Å². The summed E-state index contributed by atoms with van der Waals surface area (Å²) in [5, 5.41) is 12.8. The Bertz CT molecular complexity index is 598. The number of amides is 1. The molecule has 1 heterocycles. The number of nitrogens with one attached hydrogen (secondary N) is 2. The molecular formula is C13H19N3O3. The largest absolute Gasteiger partial charge is 0.497 e. The lowest BCUT2D eigenvalue weighted by atomic mass is 10.1. The van der Waals surface area contributed by atoms with Crippen LogP contribution in [-0.4, -0.2) is 29.4 Å². The predicted molar refractivity (Wildman–Crippen MR) is 74.1 cm³/mol. The van der Waals surface area contributed by atoms with Gasteiger partial charge >= 0.3 is 0 Å². The molecule has 104 valence electrons. The number of hydrogen-bond acceptors (Lipinski definition) is 4. The average molecular weight is 265 g/mol. The van der Waals surface area contributed by atoms with E-state index in [9.17, 15) is 4.79 Å². The number of nitrogens with zero attached hydrogens (tertiary/aromatic N) is 1. The van der Waals surface area contributed by atoms with Crippen molar-refractivity contribution in [2.75, 3.05) is 19.2 Å². The Morgan fingerprint density at radius 2 is 2.32 bits per heavy atom. The summed E-state index contributed by atoms with van der Waals surface area (Å²) in [6.45, 7) is 2.04. The van der Waals surface area contributed by atoms with Crippen molar-refractivity contribution in [1.82, 2.24) is 9.99 Å². The van der Waals surface area contributed by atoms with Gasteiger partial charge in [-0.05, 0) is 30.2 Å². The molecule has 0 radical (unpaired) electrons. The second kappa shape index (κ2) is 5.62. The highest BCUT2D eigenvalue weighted by atomic mass is 16.5. The van der Waals surface area contributed by atoms with E-state index < -0.39 is 0 Å². The number of aromatic nitrogens is 1. The SMILES string of the molecule is COc1ccc2c(c1)c(CCNC(C)=O)cn2NO.[HH]. The highest BCUT2D eigenvalue weighted by molar-refractivity contribution is 5.85. The zero-order chi connectivity index (χ0) is 13.8. The van der Waals surface area contributed by atoms with Crippen LogP contribution in [0.4, 0.5) is 0 Å². The zero-order valence-electron chi connectivity index (χ0n) is 10.9. The number of ether oxygens (including phenoxy) is 1. The summed E-state index contributed by atoms with van der Waals surface area (Å²) in [6, 6.07) is 5.60. The van der Waals surface area contributed by atoms with Crippen LogP contribution in [-0.2, 0) is 11.2 Å². The van der Waals surface area contributed by atoms with E-state index in [0.29, 0.717) is 13.0 Å². The van der Waals surface area contributed by atoms with Crippen LogP contribution in [0.1, 0.15) is 13.9 Å². The van der Waals surface area contributed by atoms with Gasteiger partial charge in [-0.15, -0.1) is 0 Å². The first kappa shape index (κ1) is 13.2. The number of carbonyl (C=O) groups is 1. The lowest BCUT2D eigenvalue weighted by molar-refractivity contribution is -0.118. The third kappa shape index (κ3) is 2.79. The van der Waals surface area contributed by atoms with Crippen molar-refractivity contribution in [3.05, 3.63) is 30.0 Å². The average Bonchev–Trinajstić information content (AvgIpc) is 2.76. The van der Waals surface area contributed by atoms with Crippen molar-refractivity contribution in [2.24, 2.45) is 0 Å². The number of rotatable bonds is 5. The van der Waals surface area contributed by atoms with Gasteiger partial charge in [0.05, 0.1) is 12.6 Å². The molecule has 0 aliphatic heterocycles. The van der Waals surface area contributed by atoms with E-state index in [0.717, 1.165) is 22.2 Å². The van der Waals surface area contributed by atoms with Gasteiger partial charge < -0.3 is 10.1 Å². The molecule has 0 unspecified atom stereocenters. The molecule has 2 aromatic rings. The molecule has 0 saturated carbocycles. The van der Waals surface area contributed by atoms with Gasteiger partial charge in [0.15, 0.2) is 0 Å². The third-order valence-corrected chi connectivity index (χ3v) is 2.97. The Morgan fingerprint density at radius 1 is 1.53 bits per heavy atom. The maximum atomic E-state index is 10.9. The van der Waals surface area contributed by atoms with Gasteiger partial charge in [0.2, 0.25) is 5.91 Å². The van der Waals surface area contributed by atoms with Crippen molar-refractivity contribution >= 4 is 16.8 Å². The number of methoxy groups -OCH3 is 1. The zero-order valence-corrected chi connectivity index (χ0v) is 10.9. The summed E-state index contributed by atoms with van der Waals surface area (Å²) in [7, 11) is 1.61. The summed E-state index contributed by atoms with van der Waals surface area (Å²) in [6.07, 6.45) is 2.48. The van der Waals surface area contributed by atoms with Crippen molar-refractivity contribution < 1.29 is 16.2 Å². The first-order chi connectivity index (χ1) is 9.15. The number of hydrogen-bond donors (Lipinski definition) is 3. The molecule has 0 fully saturated rings. The molecule has 2 rings (SSSR count).